The summed E-state index contributed by atoms with van der Waals surface area (Å²) in [5, 5.41) is 22.1. The molecule has 8 heteroatoms. The summed E-state index contributed by atoms with van der Waals surface area (Å²) in [5.74, 6) is 0.892. The number of phenolic OH excluding ortho intramolecular Hbond substituents is 2. The van der Waals surface area contributed by atoms with Crippen LogP contribution in [0, 0.1) is 0 Å². The van der Waals surface area contributed by atoms with E-state index in [4.69, 9.17) is 18.6 Å². The number of nitrogens with zero attached hydrogens (tertiary/aromatic N) is 1. The minimum atomic E-state index is -0.499. The SMILES string of the molecule is COc1cc2c(cc1O)oc(=O)c1c2cc2n1CCc1c-2cc(OC)c(OC)c1O. The summed E-state index contributed by atoms with van der Waals surface area (Å²) in [6.45, 7) is 0.486. The van der Waals surface area contributed by atoms with Crippen molar-refractivity contribution in [3.8, 4) is 40.0 Å². The zero-order valence-electron chi connectivity index (χ0n) is 16.6. The Kier molecular flexibility index (Phi) is 3.86. The molecular weight excluding hydrogens is 390 g/mol. The number of hydrogen-bond acceptors (Lipinski definition) is 7. The molecule has 0 saturated carbocycles. The van der Waals surface area contributed by atoms with Gasteiger partial charge in [-0.25, -0.2) is 4.79 Å². The molecule has 1 aliphatic heterocycles. The molecule has 0 radical (unpaired) electrons. The van der Waals surface area contributed by atoms with Gasteiger partial charge in [0.1, 0.15) is 11.1 Å². The van der Waals surface area contributed by atoms with Crippen molar-refractivity contribution in [2.75, 3.05) is 21.3 Å². The zero-order valence-corrected chi connectivity index (χ0v) is 16.6. The number of benzene rings is 2. The standard InChI is InChI=1S/C22H19NO7/c1-27-17-8-12-13-6-14-11-7-18(28-2)21(29-3)20(25)10(11)4-5-23(14)19(13)22(26)30-16(12)9-15(17)24/h6-9,24-25H,4-5H2,1-3H3. The van der Waals surface area contributed by atoms with Crippen molar-refractivity contribution in [3.63, 3.8) is 0 Å². The molecule has 0 aliphatic carbocycles. The third kappa shape index (κ3) is 2.30. The van der Waals surface area contributed by atoms with Gasteiger partial charge in [-0.15, -0.1) is 0 Å². The van der Waals surface area contributed by atoms with Crippen molar-refractivity contribution in [3.05, 3.63) is 40.2 Å². The maximum Gasteiger partial charge on any atom is 0.361 e. The van der Waals surface area contributed by atoms with Crippen LogP contribution >= 0.6 is 0 Å². The van der Waals surface area contributed by atoms with Crippen LogP contribution in [0.2, 0.25) is 0 Å². The highest BCUT2D eigenvalue weighted by molar-refractivity contribution is 6.07. The Labute approximate surface area is 170 Å². The lowest BCUT2D eigenvalue weighted by molar-refractivity contribution is 0.331. The van der Waals surface area contributed by atoms with E-state index in [0.29, 0.717) is 35.0 Å². The van der Waals surface area contributed by atoms with E-state index < -0.39 is 5.63 Å². The van der Waals surface area contributed by atoms with E-state index in [9.17, 15) is 15.0 Å². The van der Waals surface area contributed by atoms with Crippen LogP contribution in [0.5, 0.6) is 28.7 Å². The first-order chi connectivity index (χ1) is 14.5. The van der Waals surface area contributed by atoms with Crippen LogP contribution in [0.3, 0.4) is 0 Å². The quantitative estimate of drug-likeness (QED) is 0.500. The molecule has 5 rings (SSSR count). The van der Waals surface area contributed by atoms with Gasteiger partial charge >= 0.3 is 5.63 Å². The molecule has 2 aromatic heterocycles. The topological polar surface area (TPSA) is 103 Å². The van der Waals surface area contributed by atoms with Gasteiger partial charge in [-0.1, -0.05) is 0 Å². The van der Waals surface area contributed by atoms with Crippen LogP contribution < -0.4 is 19.8 Å². The third-order valence-corrected chi connectivity index (χ3v) is 5.67. The van der Waals surface area contributed by atoms with Crippen molar-refractivity contribution in [2.45, 2.75) is 13.0 Å². The first kappa shape index (κ1) is 18.2. The average Bonchev–Trinajstić information content (AvgIpc) is 3.14. The van der Waals surface area contributed by atoms with Gasteiger partial charge in [-0.05, 0) is 24.6 Å². The minimum absolute atomic E-state index is 0.0341. The molecule has 1 aliphatic rings. The molecule has 0 amide bonds. The van der Waals surface area contributed by atoms with E-state index in [2.05, 4.69) is 0 Å². The Morgan fingerprint density at radius 2 is 1.73 bits per heavy atom. The maximum absolute atomic E-state index is 12.8. The summed E-state index contributed by atoms with van der Waals surface area (Å²) in [6, 6.07) is 6.71. The molecule has 2 N–H and O–H groups in total. The van der Waals surface area contributed by atoms with Crippen molar-refractivity contribution >= 4 is 21.9 Å². The molecule has 30 heavy (non-hydrogen) atoms. The van der Waals surface area contributed by atoms with Gasteiger partial charge in [0.2, 0.25) is 5.75 Å². The van der Waals surface area contributed by atoms with Crippen LogP contribution in [-0.4, -0.2) is 36.1 Å². The van der Waals surface area contributed by atoms with Gasteiger partial charge in [0, 0.05) is 40.2 Å². The number of ether oxygens (including phenoxy) is 3. The number of rotatable bonds is 3. The number of aromatic nitrogens is 1. The highest BCUT2D eigenvalue weighted by atomic mass is 16.5. The number of aromatic hydroxyl groups is 2. The number of phenols is 2. The second kappa shape index (κ2) is 6.35. The normalized spacial score (nSPS) is 12.6. The van der Waals surface area contributed by atoms with Crippen LogP contribution in [-0.2, 0) is 13.0 Å². The van der Waals surface area contributed by atoms with Crippen molar-refractivity contribution in [1.29, 1.82) is 0 Å². The average molecular weight is 409 g/mol. The summed E-state index contributed by atoms with van der Waals surface area (Å²) < 4.78 is 23.3. The Balaban J connectivity index is 1.88. The predicted molar refractivity (Wildman–Crippen MR) is 110 cm³/mol. The highest BCUT2D eigenvalue weighted by Gasteiger charge is 2.28. The molecule has 2 aromatic carbocycles. The molecule has 0 atom stereocenters. The fraction of sp³-hybridized carbons (Fsp3) is 0.227. The Hall–Kier alpha value is -3.81. The lowest BCUT2D eigenvalue weighted by Gasteiger charge is -2.23. The van der Waals surface area contributed by atoms with Crippen molar-refractivity contribution < 1.29 is 28.8 Å². The Bertz CT molecular complexity index is 1400. The van der Waals surface area contributed by atoms with E-state index in [1.165, 1.54) is 27.4 Å². The summed E-state index contributed by atoms with van der Waals surface area (Å²) >= 11 is 0. The summed E-state index contributed by atoms with van der Waals surface area (Å²) in [6.07, 6.45) is 0.509. The van der Waals surface area contributed by atoms with Crippen molar-refractivity contribution in [2.24, 2.45) is 0 Å². The smallest absolute Gasteiger partial charge is 0.361 e. The van der Waals surface area contributed by atoms with E-state index in [-0.39, 0.29) is 28.6 Å². The summed E-state index contributed by atoms with van der Waals surface area (Å²) in [5.41, 5.74) is 2.43. The lowest BCUT2D eigenvalue weighted by atomic mass is 9.96. The molecule has 0 unspecified atom stereocenters. The van der Waals surface area contributed by atoms with Gasteiger partial charge in [-0.2, -0.15) is 0 Å². The second-order valence-corrected chi connectivity index (χ2v) is 7.09. The minimum Gasteiger partial charge on any atom is -0.504 e. The largest absolute Gasteiger partial charge is 0.504 e. The van der Waals surface area contributed by atoms with Crippen molar-refractivity contribution in [1.82, 2.24) is 4.57 Å². The number of methoxy groups -OCH3 is 3. The maximum atomic E-state index is 12.8. The Morgan fingerprint density at radius 3 is 2.43 bits per heavy atom. The number of fused-ring (bicyclic) bond motifs is 7. The fourth-order valence-corrected chi connectivity index (χ4v) is 4.30. The summed E-state index contributed by atoms with van der Waals surface area (Å²) in [4.78, 5) is 12.8. The van der Waals surface area contributed by atoms with Gasteiger partial charge in [0.25, 0.3) is 0 Å². The fourth-order valence-electron chi connectivity index (χ4n) is 4.30. The van der Waals surface area contributed by atoms with Crippen LogP contribution in [0.1, 0.15) is 5.56 Å². The molecular formula is C22H19NO7. The van der Waals surface area contributed by atoms with Gasteiger partial charge in [0.15, 0.2) is 23.0 Å². The van der Waals surface area contributed by atoms with Gasteiger partial charge in [-0.3, -0.25) is 0 Å². The third-order valence-electron chi connectivity index (χ3n) is 5.67. The molecule has 4 aromatic rings. The number of hydrogen-bond donors (Lipinski definition) is 2. The molecule has 0 saturated heterocycles. The van der Waals surface area contributed by atoms with E-state index in [1.54, 1.807) is 12.1 Å². The zero-order chi connectivity index (χ0) is 21.2. The van der Waals surface area contributed by atoms with Gasteiger partial charge < -0.3 is 33.4 Å². The molecule has 8 nitrogen and oxygen atoms in total. The molecule has 0 spiro atoms. The number of aryl methyl sites for hydroxylation is 1. The molecule has 3 heterocycles. The van der Waals surface area contributed by atoms with Crippen LogP contribution in [0.25, 0.3) is 33.1 Å². The lowest BCUT2D eigenvalue weighted by Crippen LogP contribution is -2.15. The predicted octanol–water partition coefficient (Wildman–Crippen LogP) is 3.41. The second-order valence-electron chi connectivity index (χ2n) is 7.09. The van der Waals surface area contributed by atoms with E-state index in [0.717, 1.165) is 16.8 Å². The first-order valence-corrected chi connectivity index (χ1v) is 9.32. The summed E-state index contributed by atoms with van der Waals surface area (Å²) in [7, 11) is 4.44. The molecule has 0 fully saturated rings. The Morgan fingerprint density at radius 1 is 0.967 bits per heavy atom. The van der Waals surface area contributed by atoms with Gasteiger partial charge in [0.05, 0.1) is 21.3 Å². The first-order valence-electron chi connectivity index (χ1n) is 9.32. The molecule has 154 valence electrons. The highest BCUT2D eigenvalue weighted by Crippen LogP contribution is 2.48. The van der Waals surface area contributed by atoms with Crippen LogP contribution in [0.4, 0.5) is 0 Å². The van der Waals surface area contributed by atoms with Crippen LogP contribution in [0.15, 0.2) is 33.5 Å². The molecule has 0 bridgehead atoms. The van der Waals surface area contributed by atoms with E-state index >= 15 is 0 Å². The monoisotopic (exact) mass is 409 g/mol. The van der Waals surface area contributed by atoms with E-state index in [1.807, 2.05) is 10.6 Å².